The highest BCUT2D eigenvalue weighted by Crippen LogP contribution is 2.27. The van der Waals surface area contributed by atoms with Crippen LogP contribution in [0.5, 0.6) is 0 Å². The first kappa shape index (κ1) is 17.1. The Morgan fingerprint density at radius 1 is 1.08 bits per heavy atom. The van der Waals surface area contributed by atoms with Crippen LogP contribution in [-0.2, 0) is 7.05 Å². The number of nitrogens with one attached hydrogen (secondary N) is 1. The first-order valence-electron chi connectivity index (χ1n) is 8.36. The SMILES string of the molecule is CCC(Nc1ccc(-c2ccc(F)cc2)nn1)c1c(C)nn(C)c1C. The number of nitrogens with zero attached hydrogens (tertiary/aromatic N) is 4. The van der Waals surface area contributed by atoms with Gasteiger partial charge in [0.2, 0.25) is 0 Å². The van der Waals surface area contributed by atoms with Gasteiger partial charge >= 0.3 is 0 Å². The van der Waals surface area contributed by atoms with E-state index in [1.54, 1.807) is 12.1 Å². The summed E-state index contributed by atoms with van der Waals surface area (Å²) in [4.78, 5) is 0. The molecule has 1 aromatic carbocycles. The Bertz CT molecular complexity index is 853. The summed E-state index contributed by atoms with van der Waals surface area (Å²) in [5.74, 6) is 0.448. The summed E-state index contributed by atoms with van der Waals surface area (Å²) < 4.78 is 14.9. The number of benzene rings is 1. The summed E-state index contributed by atoms with van der Waals surface area (Å²) in [5.41, 5.74) is 4.93. The summed E-state index contributed by atoms with van der Waals surface area (Å²) in [7, 11) is 1.95. The van der Waals surface area contributed by atoms with Crippen LogP contribution in [0.1, 0.15) is 36.3 Å². The summed E-state index contributed by atoms with van der Waals surface area (Å²) in [6.45, 7) is 6.23. The van der Waals surface area contributed by atoms with Gasteiger partial charge in [0.05, 0.1) is 17.4 Å². The normalized spacial score (nSPS) is 12.2. The minimum Gasteiger partial charge on any atom is -0.362 e. The standard InChI is InChI=1S/C19H22FN5/c1-5-16(19-12(2)24-25(4)13(19)3)21-18-11-10-17(22-23-18)14-6-8-15(20)9-7-14/h6-11,16H,5H2,1-4H3,(H,21,23). The Labute approximate surface area is 146 Å². The molecule has 0 fully saturated rings. The van der Waals surface area contributed by atoms with E-state index in [1.165, 1.54) is 17.7 Å². The molecule has 0 saturated carbocycles. The molecule has 3 aromatic rings. The van der Waals surface area contributed by atoms with Gasteiger partial charge in [0.1, 0.15) is 11.6 Å². The fourth-order valence-corrected chi connectivity index (χ4v) is 3.04. The van der Waals surface area contributed by atoms with E-state index in [1.807, 2.05) is 30.8 Å². The zero-order chi connectivity index (χ0) is 18.0. The van der Waals surface area contributed by atoms with Crippen molar-refractivity contribution in [1.29, 1.82) is 0 Å². The molecule has 0 aliphatic carbocycles. The van der Waals surface area contributed by atoms with Gasteiger partial charge in [-0.15, -0.1) is 10.2 Å². The molecule has 1 atom stereocenters. The molecule has 0 radical (unpaired) electrons. The molecule has 2 heterocycles. The van der Waals surface area contributed by atoms with Crippen molar-refractivity contribution in [2.45, 2.75) is 33.2 Å². The average Bonchev–Trinajstić information content (AvgIpc) is 2.87. The number of rotatable bonds is 5. The van der Waals surface area contributed by atoms with Crippen LogP contribution in [0.3, 0.4) is 0 Å². The Morgan fingerprint density at radius 2 is 1.80 bits per heavy atom. The molecular formula is C19H22FN5. The highest BCUT2D eigenvalue weighted by molar-refractivity contribution is 5.59. The monoisotopic (exact) mass is 339 g/mol. The van der Waals surface area contributed by atoms with Crippen molar-refractivity contribution in [1.82, 2.24) is 20.0 Å². The Hall–Kier alpha value is -2.76. The van der Waals surface area contributed by atoms with Crippen LogP contribution in [0.25, 0.3) is 11.3 Å². The van der Waals surface area contributed by atoms with Gasteiger partial charge in [0, 0.05) is 23.9 Å². The lowest BCUT2D eigenvalue weighted by Crippen LogP contribution is -2.13. The quantitative estimate of drug-likeness (QED) is 0.757. The molecule has 0 bridgehead atoms. The predicted octanol–water partition coefficient (Wildman–Crippen LogP) is 4.20. The van der Waals surface area contributed by atoms with E-state index >= 15 is 0 Å². The van der Waals surface area contributed by atoms with Gasteiger partial charge in [-0.25, -0.2) is 4.39 Å². The maximum absolute atomic E-state index is 13.0. The maximum atomic E-state index is 13.0. The Balaban J connectivity index is 1.81. The number of hydrogen-bond donors (Lipinski definition) is 1. The average molecular weight is 339 g/mol. The number of hydrogen-bond acceptors (Lipinski definition) is 4. The summed E-state index contributed by atoms with van der Waals surface area (Å²) in [6.07, 6.45) is 0.911. The molecule has 1 unspecified atom stereocenters. The number of aryl methyl sites for hydroxylation is 2. The predicted molar refractivity (Wildman–Crippen MR) is 96.8 cm³/mol. The van der Waals surface area contributed by atoms with Gasteiger partial charge in [0.15, 0.2) is 0 Å². The first-order valence-corrected chi connectivity index (χ1v) is 8.36. The Kier molecular flexibility index (Phi) is 4.79. The zero-order valence-electron chi connectivity index (χ0n) is 14.9. The van der Waals surface area contributed by atoms with E-state index in [-0.39, 0.29) is 11.9 Å². The van der Waals surface area contributed by atoms with Crippen molar-refractivity contribution >= 4 is 5.82 Å². The van der Waals surface area contributed by atoms with E-state index < -0.39 is 0 Å². The fourth-order valence-electron chi connectivity index (χ4n) is 3.04. The molecule has 3 rings (SSSR count). The molecule has 0 amide bonds. The van der Waals surface area contributed by atoms with Crippen LogP contribution in [0.4, 0.5) is 10.2 Å². The molecule has 0 aliphatic rings. The van der Waals surface area contributed by atoms with Gasteiger partial charge in [-0.3, -0.25) is 4.68 Å². The van der Waals surface area contributed by atoms with Crippen LogP contribution in [-0.4, -0.2) is 20.0 Å². The Morgan fingerprint density at radius 3 is 2.32 bits per heavy atom. The summed E-state index contributed by atoms with van der Waals surface area (Å²) >= 11 is 0. The van der Waals surface area contributed by atoms with Crippen molar-refractivity contribution in [2.24, 2.45) is 7.05 Å². The van der Waals surface area contributed by atoms with Crippen molar-refractivity contribution < 1.29 is 4.39 Å². The fraction of sp³-hybridized carbons (Fsp3) is 0.316. The summed E-state index contributed by atoms with van der Waals surface area (Å²) in [5, 5.41) is 16.5. The topological polar surface area (TPSA) is 55.6 Å². The lowest BCUT2D eigenvalue weighted by molar-refractivity contribution is 0.628. The number of halogens is 1. The third-order valence-electron chi connectivity index (χ3n) is 4.45. The highest BCUT2D eigenvalue weighted by atomic mass is 19.1. The van der Waals surface area contributed by atoms with Gasteiger partial charge in [-0.05, 0) is 56.7 Å². The van der Waals surface area contributed by atoms with Crippen LogP contribution in [0.15, 0.2) is 36.4 Å². The van der Waals surface area contributed by atoms with Crippen LogP contribution in [0.2, 0.25) is 0 Å². The molecule has 130 valence electrons. The largest absolute Gasteiger partial charge is 0.362 e. The summed E-state index contributed by atoms with van der Waals surface area (Å²) in [6, 6.07) is 10.1. The van der Waals surface area contributed by atoms with Crippen LogP contribution < -0.4 is 5.32 Å². The van der Waals surface area contributed by atoms with Gasteiger partial charge < -0.3 is 5.32 Å². The van der Waals surface area contributed by atoms with E-state index in [4.69, 9.17) is 0 Å². The molecule has 1 N–H and O–H groups in total. The number of anilines is 1. The minimum atomic E-state index is -0.261. The second-order valence-corrected chi connectivity index (χ2v) is 6.12. The van der Waals surface area contributed by atoms with Gasteiger partial charge in [-0.2, -0.15) is 5.10 Å². The molecular weight excluding hydrogens is 317 g/mol. The zero-order valence-corrected chi connectivity index (χ0v) is 14.9. The first-order chi connectivity index (χ1) is 12.0. The van der Waals surface area contributed by atoms with E-state index in [2.05, 4.69) is 34.5 Å². The van der Waals surface area contributed by atoms with Crippen molar-refractivity contribution in [3.05, 3.63) is 59.2 Å². The molecule has 5 nitrogen and oxygen atoms in total. The molecule has 0 saturated heterocycles. The molecule has 0 spiro atoms. The third-order valence-corrected chi connectivity index (χ3v) is 4.45. The van der Waals surface area contributed by atoms with E-state index in [9.17, 15) is 4.39 Å². The second-order valence-electron chi connectivity index (χ2n) is 6.12. The second kappa shape index (κ2) is 7.01. The van der Waals surface area contributed by atoms with Crippen LogP contribution >= 0.6 is 0 Å². The van der Waals surface area contributed by atoms with E-state index in [0.717, 1.165) is 23.4 Å². The molecule has 2 aromatic heterocycles. The third kappa shape index (κ3) is 3.52. The van der Waals surface area contributed by atoms with Crippen molar-refractivity contribution in [3.8, 4) is 11.3 Å². The van der Waals surface area contributed by atoms with Gasteiger partial charge in [-0.1, -0.05) is 6.92 Å². The smallest absolute Gasteiger partial charge is 0.149 e. The van der Waals surface area contributed by atoms with Crippen molar-refractivity contribution in [3.63, 3.8) is 0 Å². The molecule has 6 heteroatoms. The lowest BCUT2D eigenvalue weighted by Gasteiger charge is -2.18. The maximum Gasteiger partial charge on any atom is 0.149 e. The van der Waals surface area contributed by atoms with E-state index in [0.29, 0.717) is 11.5 Å². The van der Waals surface area contributed by atoms with Crippen LogP contribution in [0, 0.1) is 19.7 Å². The number of aromatic nitrogens is 4. The minimum absolute atomic E-state index is 0.125. The lowest BCUT2D eigenvalue weighted by atomic mass is 10.0. The highest BCUT2D eigenvalue weighted by Gasteiger charge is 2.19. The van der Waals surface area contributed by atoms with Gasteiger partial charge in [0.25, 0.3) is 0 Å². The van der Waals surface area contributed by atoms with Crippen molar-refractivity contribution in [2.75, 3.05) is 5.32 Å². The molecule has 0 aliphatic heterocycles. The molecule has 25 heavy (non-hydrogen) atoms.